The molecule has 1 atom stereocenters. The lowest BCUT2D eigenvalue weighted by Gasteiger charge is -2.27. The number of carbonyl (C=O) groups is 2. The van der Waals surface area contributed by atoms with Gasteiger partial charge in [0.15, 0.2) is 0 Å². The summed E-state index contributed by atoms with van der Waals surface area (Å²) in [5, 5.41) is 11.4. The van der Waals surface area contributed by atoms with E-state index in [0.29, 0.717) is 28.3 Å². The highest BCUT2D eigenvalue weighted by Gasteiger charge is 2.48. The summed E-state index contributed by atoms with van der Waals surface area (Å²) in [7, 11) is 3.11. The number of hydrogen-bond donors (Lipinski definition) is 1. The number of aryl methyl sites for hydroxylation is 1. The fourth-order valence-corrected chi connectivity index (χ4v) is 4.59. The molecular formula is C30H31NO5. The number of methoxy groups -OCH3 is 2. The van der Waals surface area contributed by atoms with Crippen molar-refractivity contribution in [2.24, 2.45) is 0 Å². The Morgan fingerprint density at radius 1 is 0.889 bits per heavy atom. The van der Waals surface area contributed by atoms with Gasteiger partial charge in [-0.1, -0.05) is 51.1 Å². The van der Waals surface area contributed by atoms with Gasteiger partial charge in [0, 0.05) is 16.8 Å². The molecule has 3 aromatic carbocycles. The number of hydrogen-bond acceptors (Lipinski definition) is 5. The molecular weight excluding hydrogens is 454 g/mol. The van der Waals surface area contributed by atoms with E-state index >= 15 is 0 Å². The molecule has 0 bridgehead atoms. The van der Waals surface area contributed by atoms with Crippen LogP contribution in [0, 0.1) is 6.92 Å². The predicted octanol–water partition coefficient (Wildman–Crippen LogP) is 5.94. The molecule has 0 aliphatic carbocycles. The lowest BCUT2D eigenvalue weighted by atomic mass is 9.87. The quantitative estimate of drug-likeness (QED) is 0.275. The van der Waals surface area contributed by atoms with E-state index < -0.39 is 17.7 Å². The largest absolute Gasteiger partial charge is 0.507 e. The molecule has 0 aromatic heterocycles. The maximum absolute atomic E-state index is 13.5. The van der Waals surface area contributed by atoms with Crippen LogP contribution < -0.4 is 14.4 Å². The minimum atomic E-state index is -0.871. The summed E-state index contributed by atoms with van der Waals surface area (Å²) in [5.74, 6) is -0.536. The lowest BCUT2D eigenvalue weighted by molar-refractivity contribution is -0.132. The number of aliphatic hydroxyl groups is 1. The molecule has 1 aliphatic rings. The summed E-state index contributed by atoms with van der Waals surface area (Å²) in [6.45, 7) is 8.18. The number of rotatable bonds is 5. The van der Waals surface area contributed by atoms with Crippen LogP contribution >= 0.6 is 0 Å². The molecule has 0 spiro atoms. The zero-order chi connectivity index (χ0) is 26.2. The minimum absolute atomic E-state index is 0.00830. The fourth-order valence-electron chi connectivity index (χ4n) is 4.59. The second kappa shape index (κ2) is 9.53. The zero-order valence-electron chi connectivity index (χ0n) is 21.5. The number of ether oxygens (including phenoxy) is 2. The Labute approximate surface area is 211 Å². The van der Waals surface area contributed by atoms with Gasteiger partial charge in [0.25, 0.3) is 11.7 Å². The number of ketones is 1. The van der Waals surface area contributed by atoms with Gasteiger partial charge < -0.3 is 14.6 Å². The van der Waals surface area contributed by atoms with Crippen molar-refractivity contribution in [3.63, 3.8) is 0 Å². The van der Waals surface area contributed by atoms with Gasteiger partial charge in [0.1, 0.15) is 17.3 Å². The molecule has 36 heavy (non-hydrogen) atoms. The first kappa shape index (κ1) is 25.0. The molecule has 1 amide bonds. The summed E-state index contributed by atoms with van der Waals surface area (Å²) in [6, 6.07) is 19.1. The van der Waals surface area contributed by atoms with Gasteiger partial charge in [-0.25, -0.2) is 0 Å². The Hall–Kier alpha value is -4.06. The average molecular weight is 486 g/mol. The summed E-state index contributed by atoms with van der Waals surface area (Å²) in [6.07, 6.45) is 0. The average Bonchev–Trinajstić information content (AvgIpc) is 3.13. The van der Waals surface area contributed by atoms with Gasteiger partial charge in [-0.3, -0.25) is 14.5 Å². The highest BCUT2D eigenvalue weighted by molar-refractivity contribution is 6.51. The summed E-state index contributed by atoms with van der Waals surface area (Å²) < 4.78 is 10.9. The van der Waals surface area contributed by atoms with E-state index in [2.05, 4.69) is 20.8 Å². The molecule has 4 rings (SSSR count). The number of aliphatic hydroxyl groups excluding tert-OH is 1. The van der Waals surface area contributed by atoms with Gasteiger partial charge in [0.05, 0.1) is 25.8 Å². The Kier molecular flexibility index (Phi) is 6.63. The van der Waals surface area contributed by atoms with Crippen LogP contribution in [-0.2, 0) is 15.0 Å². The summed E-state index contributed by atoms with van der Waals surface area (Å²) >= 11 is 0. The number of Topliss-reactive ketones (excluding diaryl/α,β-unsaturated/α-hetero) is 1. The van der Waals surface area contributed by atoms with Crippen molar-refractivity contribution in [2.75, 3.05) is 19.1 Å². The second-order valence-electron chi connectivity index (χ2n) is 9.89. The number of carbonyl (C=O) groups excluding carboxylic acids is 2. The first-order valence-corrected chi connectivity index (χ1v) is 11.8. The molecule has 1 aliphatic heterocycles. The molecule has 3 aromatic rings. The van der Waals surface area contributed by atoms with E-state index in [1.807, 2.05) is 43.3 Å². The van der Waals surface area contributed by atoms with Crippen LogP contribution in [0.3, 0.4) is 0 Å². The molecule has 1 unspecified atom stereocenters. The maximum atomic E-state index is 13.5. The van der Waals surface area contributed by atoms with E-state index in [0.717, 1.165) is 11.1 Å². The van der Waals surface area contributed by atoms with E-state index in [1.165, 1.54) is 12.0 Å². The van der Waals surface area contributed by atoms with Crippen LogP contribution in [0.4, 0.5) is 5.69 Å². The number of amides is 1. The van der Waals surface area contributed by atoms with Crippen molar-refractivity contribution < 1.29 is 24.2 Å². The summed E-state index contributed by atoms with van der Waals surface area (Å²) in [5.41, 5.74) is 3.42. The number of benzene rings is 3. The highest BCUT2D eigenvalue weighted by Crippen LogP contribution is 2.45. The molecule has 1 heterocycles. The third-order valence-electron chi connectivity index (χ3n) is 6.56. The predicted molar refractivity (Wildman–Crippen MR) is 141 cm³/mol. The van der Waals surface area contributed by atoms with Crippen molar-refractivity contribution in [3.05, 3.63) is 94.6 Å². The van der Waals surface area contributed by atoms with Crippen molar-refractivity contribution in [3.8, 4) is 11.5 Å². The van der Waals surface area contributed by atoms with Crippen molar-refractivity contribution in [2.45, 2.75) is 39.2 Å². The zero-order valence-corrected chi connectivity index (χ0v) is 21.5. The molecule has 6 heteroatoms. The van der Waals surface area contributed by atoms with Gasteiger partial charge in [-0.05, 0) is 59.9 Å². The standard InChI is InChI=1S/C30H31NO5/c1-18-17-19(11-16-23(18)35-5)27(32)25-26(22-9-7-8-10-24(22)36-6)31(29(34)28(25)33)21-14-12-20(13-15-21)30(2,3)4/h7-17,26,32H,1-6H3/b27-25+. The first-order valence-electron chi connectivity index (χ1n) is 11.8. The van der Waals surface area contributed by atoms with Crippen molar-refractivity contribution in [1.82, 2.24) is 0 Å². The molecule has 0 radical (unpaired) electrons. The van der Waals surface area contributed by atoms with E-state index in [1.54, 1.807) is 37.4 Å². The Morgan fingerprint density at radius 2 is 1.53 bits per heavy atom. The topological polar surface area (TPSA) is 76.1 Å². The van der Waals surface area contributed by atoms with Crippen LogP contribution in [0.5, 0.6) is 11.5 Å². The smallest absolute Gasteiger partial charge is 0.300 e. The molecule has 186 valence electrons. The number of nitrogens with zero attached hydrogens (tertiary/aromatic N) is 1. The van der Waals surface area contributed by atoms with Gasteiger partial charge in [0.2, 0.25) is 0 Å². The van der Waals surface area contributed by atoms with Crippen LogP contribution in [0.1, 0.15) is 49.1 Å². The van der Waals surface area contributed by atoms with Crippen LogP contribution in [0.2, 0.25) is 0 Å². The third-order valence-corrected chi connectivity index (χ3v) is 6.56. The Balaban J connectivity index is 1.94. The molecule has 0 saturated carbocycles. The Morgan fingerprint density at radius 3 is 2.11 bits per heavy atom. The minimum Gasteiger partial charge on any atom is -0.507 e. The Bertz CT molecular complexity index is 1350. The number of anilines is 1. The SMILES string of the molecule is COc1ccc(/C(O)=C2\C(=O)C(=O)N(c3ccc(C(C)(C)C)cc3)C2c2ccccc2OC)cc1C. The lowest BCUT2D eigenvalue weighted by Crippen LogP contribution is -2.29. The second-order valence-corrected chi connectivity index (χ2v) is 9.89. The van der Waals surface area contributed by atoms with Gasteiger partial charge >= 0.3 is 0 Å². The van der Waals surface area contributed by atoms with Crippen LogP contribution in [-0.4, -0.2) is 31.0 Å². The van der Waals surface area contributed by atoms with Gasteiger partial charge in [-0.2, -0.15) is 0 Å². The summed E-state index contributed by atoms with van der Waals surface area (Å²) in [4.78, 5) is 28.3. The van der Waals surface area contributed by atoms with Crippen LogP contribution in [0.25, 0.3) is 5.76 Å². The normalized spacial score (nSPS) is 17.4. The number of para-hydroxylation sites is 1. The molecule has 1 fully saturated rings. The monoisotopic (exact) mass is 485 g/mol. The van der Waals surface area contributed by atoms with E-state index in [-0.39, 0.29) is 16.7 Å². The van der Waals surface area contributed by atoms with E-state index in [4.69, 9.17) is 9.47 Å². The highest BCUT2D eigenvalue weighted by atomic mass is 16.5. The molecule has 6 nitrogen and oxygen atoms in total. The first-order chi connectivity index (χ1) is 17.1. The van der Waals surface area contributed by atoms with Crippen molar-refractivity contribution >= 4 is 23.1 Å². The van der Waals surface area contributed by atoms with Crippen LogP contribution in [0.15, 0.2) is 72.3 Å². The van der Waals surface area contributed by atoms with E-state index in [9.17, 15) is 14.7 Å². The maximum Gasteiger partial charge on any atom is 0.300 e. The molecule has 1 N–H and O–H groups in total. The fraction of sp³-hybridized carbons (Fsp3) is 0.267. The van der Waals surface area contributed by atoms with Crippen molar-refractivity contribution in [1.29, 1.82) is 0 Å². The molecule has 1 saturated heterocycles. The third kappa shape index (κ3) is 4.35. The van der Waals surface area contributed by atoms with Gasteiger partial charge in [-0.15, -0.1) is 0 Å².